The van der Waals surface area contributed by atoms with Crippen LogP contribution in [0.3, 0.4) is 0 Å². The molecule has 0 radical (unpaired) electrons. The lowest BCUT2D eigenvalue weighted by Crippen LogP contribution is -2.19. The highest BCUT2D eigenvalue weighted by molar-refractivity contribution is 6.32. The molecule has 0 fully saturated rings. The van der Waals surface area contributed by atoms with Gasteiger partial charge in [0.05, 0.1) is 12.1 Å². The average Bonchev–Trinajstić information content (AvgIpc) is 2.29. The number of hydrogen-bond donors (Lipinski definition) is 2. The van der Waals surface area contributed by atoms with Crippen LogP contribution in [0.1, 0.15) is 12.0 Å². The van der Waals surface area contributed by atoms with E-state index in [-0.39, 0.29) is 0 Å². The Labute approximate surface area is 102 Å². The van der Waals surface area contributed by atoms with E-state index in [4.69, 9.17) is 16.3 Å². The van der Waals surface area contributed by atoms with Crippen LogP contribution in [0, 0.1) is 0 Å². The van der Waals surface area contributed by atoms with Gasteiger partial charge in [0.2, 0.25) is 0 Å². The molecule has 4 heteroatoms. The van der Waals surface area contributed by atoms with Crippen LogP contribution in [-0.2, 0) is 6.54 Å². The monoisotopic (exact) mass is 242 g/mol. The summed E-state index contributed by atoms with van der Waals surface area (Å²) >= 11 is 6.03. The van der Waals surface area contributed by atoms with Crippen molar-refractivity contribution in [3.05, 3.63) is 28.8 Å². The number of benzene rings is 1. The van der Waals surface area contributed by atoms with Gasteiger partial charge in [0.1, 0.15) is 5.75 Å². The first-order valence-corrected chi connectivity index (χ1v) is 5.83. The van der Waals surface area contributed by atoms with Gasteiger partial charge in [0, 0.05) is 6.54 Å². The second-order valence-electron chi connectivity index (χ2n) is 3.60. The summed E-state index contributed by atoms with van der Waals surface area (Å²) in [6, 6.07) is 5.86. The van der Waals surface area contributed by atoms with E-state index in [9.17, 15) is 0 Å². The van der Waals surface area contributed by atoms with Crippen LogP contribution < -0.4 is 15.4 Å². The largest absolute Gasteiger partial charge is 0.495 e. The van der Waals surface area contributed by atoms with Crippen LogP contribution in [0.2, 0.25) is 5.02 Å². The molecule has 1 rings (SSSR count). The molecule has 0 spiro atoms. The molecule has 3 nitrogen and oxygen atoms in total. The summed E-state index contributed by atoms with van der Waals surface area (Å²) in [6.45, 7) is 2.88. The van der Waals surface area contributed by atoms with Crippen molar-refractivity contribution >= 4 is 11.6 Å². The Morgan fingerprint density at radius 2 is 2.12 bits per heavy atom. The van der Waals surface area contributed by atoms with E-state index >= 15 is 0 Å². The third-order valence-electron chi connectivity index (χ3n) is 2.33. The Morgan fingerprint density at radius 1 is 1.31 bits per heavy atom. The number of ether oxygens (including phenoxy) is 1. The Morgan fingerprint density at radius 3 is 2.75 bits per heavy atom. The highest BCUT2D eigenvalue weighted by Crippen LogP contribution is 2.24. The van der Waals surface area contributed by atoms with Gasteiger partial charge in [-0.05, 0) is 44.3 Å². The zero-order valence-electron chi connectivity index (χ0n) is 9.85. The number of rotatable bonds is 7. The van der Waals surface area contributed by atoms with Crippen molar-refractivity contribution in [3.63, 3.8) is 0 Å². The maximum atomic E-state index is 6.03. The van der Waals surface area contributed by atoms with Crippen LogP contribution in [0.5, 0.6) is 5.75 Å². The maximum Gasteiger partial charge on any atom is 0.137 e. The molecule has 0 aliphatic heterocycles. The SMILES string of the molecule is CNCCCNCc1ccc(OC)c(Cl)c1. The molecule has 16 heavy (non-hydrogen) atoms. The molecular formula is C12H19ClN2O. The lowest BCUT2D eigenvalue weighted by Gasteiger charge is -2.07. The van der Waals surface area contributed by atoms with E-state index in [2.05, 4.69) is 10.6 Å². The van der Waals surface area contributed by atoms with Gasteiger partial charge in [-0.2, -0.15) is 0 Å². The van der Waals surface area contributed by atoms with E-state index in [0.29, 0.717) is 5.02 Å². The minimum atomic E-state index is 0.664. The minimum Gasteiger partial charge on any atom is -0.495 e. The van der Waals surface area contributed by atoms with Crippen molar-refractivity contribution in [1.29, 1.82) is 0 Å². The molecule has 0 bridgehead atoms. The Balaban J connectivity index is 2.34. The van der Waals surface area contributed by atoms with Crippen molar-refractivity contribution in [2.45, 2.75) is 13.0 Å². The fourth-order valence-electron chi connectivity index (χ4n) is 1.44. The summed E-state index contributed by atoms with van der Waals surface area (Å²) in [7, 11) is 3.58. The summed E-state index contributed by atoms with van der Waals surface area (Å²) in [5.41, 5.74) is 1.18. The molecular weight excluding hydrogens is 224 g/mol. The summed E-state index contributed by atoms with van der Waals surface area (Å²) in [6.07, 6.45) is 1.13. The van der Waals surface area contributed by atoms with Crippen molar-refractivity contribution in [2.24, 2.45) is 0 Å². The van der Waals surface area contributed by atoms with Crippen molar-refractivity contribution in [3.8, 4) is 5.75 Å². The molecule has 90 valence electrons. The molecule has 2 N–H and O–H groups in total. The molecule has 0 saturated heterocycles. The van der Waals surface area contributed by atoms with Gasteiger partial charge in [0.15, 0.2) is 0 Å². The molecule has 0 saturated carbocycles. The molecule has 0 aromatic heterocycles. The van der Waals surface area contributed by atoms with Crippen molar-refractivity contribution < 1.29 is 4.74 Å². The normalized spacial score (nSPS) is 10.4. The van der Waals surface area contributed by atoms with Crippen molar-refractivity contribution in [2.75, 3.05) is 27.2 Å². The number of nitrogens with one attached hydrogen (secondary N) is 2. The summed E-state index contributed by atoms with van der Waals surface area (Å²) < 4.78 is 5.10. The summed E-state index contributed by atoms with van der Waals surface area (Å²) in [5, 5.41) is 7.14. The van der Waals surface area contributed by atoms with E-state index in [0.717, 1.165) is 31.8 Å². The predicted octanol–water partition coefficient (Wildman–Crippen LogP) is 2.05. The van der Waals surface area contributed by atoms with Crippen LogP contribution in [0.25, 0.3) is 0 Å². The molecule has 0 atom stereocenters. The van der Waals surface area contributed by atoms with Crippen molar-refractivity contribution in [1.82, 2.24) is 10.6 Å². The zero-order valence-corrected chi connectivity index (χ0v) is 10.6. The van der Waals surface area contributed by atoms with Gasteiger partial charge in [-0.15, -0.1) is 0 Å². The van der Waals surface area contributed by atoms with E-state index in [1.54, 1.807) is 7.11 Å². The second-order valence-corrected chi connectivity index (χ2v) is 4.01. The van der Waals surface area contributed by atoms with Gasteiger partial charge >= 0.3 is 0 Å². The number of methoxy groups -OCH3 is 1. The van der Waals surface area contributed by atoms with Crippen LogP contribution in [0.4, 0.5) is 0 Å². The number of halogens is 1. The third kappa shape index (κ3) is 4.39. The fraction of sp³-hybridized carbons (Fsp3) is 0.500. The van der Waals surface area contributed by atoms with Crippen LogP contribution >= 0.6 is 11.6 Å². The molecule has 0 amide bonds. The maximum absolute atomic E-state index is 6.03. The molecule has 0 unspecified atom stereocenters. The first kappa shape index (κ1) is 13.3. The number of hydrogen-bond acceptors (Lipinski definition) is 3. The average molecular weight is 243 g/mol. The Bertz CT molecular complexity index is 318. The molecule has 0 aliphatic carbocycles. The first-order valence-electron chi connectivity index (χ1n) is 5.45. The molecule has 0 heterocycles. The molecule has 0 aliphatic rings. The summed E-state index contributed by atoms with van der Waals surface area (Å²) in [4.78, 5) is 0. The summed E-state index contributed by atoms with van der Waals surface area (Å²) in [5.74, 6) is 0.723. The molecule has 1 aromatic rings. The lowest BCUT2D eigenvalue weighted by atomic mass is 10.2. The smallest absolute Gasteiger partial charge is 0.137 e. The predicted molar refractivity (Wildman–Crippen MR) is 68.3 cm³/mol. The molecule has 1 aromatic carbocycles. The quantitative estimate of drug-likeness (QED) is 0.718. The van der Waals surface area contributed by atoms with Crippen LogP contribution in [-0.4, -0.2) is 27.2 Å². The van der Waals surface area contributed by atoms with Gasteiger partial charge in [-0.1, -0.05) is 17.7 Å². The van der Waals surface area contributed by atoms with Gasteiger partial charge in [-0.25, -0.2) is 0 Å². The zero-order chi connectivity index (χ0) is 11.8. The second kappa shape index (κ2) is 7.49. The Hall–Kier alpha value is -0.770. The standard InChI is InChI=1S/C12H19ClN2O/c1-14-6-3-7-15-9-10-4-5-12(16-2)11(13)8-10/h4-5,8,14-15H,3,6-7,9H2,1-2H3. The van der Waals surface area contributed by atoms with Gasteiger partial charge < -0.3 is 15.4 Å². The van der Waals surface area contributed by atoms with Gasteiger partial charge in [0.25, 0.3) is 0 Å². The highest BCUT2D eigenvalue weighted by atomic mass is 35.5. The van der Waals surface area contributed by atoms with E-state index < -0.39 is 0 Å². The van der Waals surface area contributed by atoms with E-state index in [1.807, 2.05) is 25.2 Å². The minimum absolute atomic E-state index is 0.664. The third-order valence-corrected chi connectivity index (χ3v) is 2.62. The lowest BCUT2D eigenvalue weighted by molar-refractivity contribution is 0.415. The van der Waals surface area contributed by atoms with Gasteiger partial charge in [-0.3, -0.25) is 0 Å². The van der Waals surface area contributed by atoms with Crippen LogP contribution in [0.15, 0.2) is 18.2 Å². The first-order chi connectivity index (χ1) is 7.77. The Kier molecular flexibility index (Phi) is 6.23. The highest BCUT2D eigenvalue weighted by Gasteiger charge is 2.01. The fourth-order valence-corrected chi connectivity index (χ4v) is 1.72. The van der Waals surface area contributed by atoms with E-state index in [1.165, 1.54) is 5.56 Å². The topological polar surface area (TPSA) is 33.3 Å².